The van der Waals surface area contributed by atoms with Crippen molar-refractivity contribution in [3.05, 3.63) is 0 Å². The van der Waals surface area contributed by atoms with Gasteiger partial charge in [-0.3, -0.25) is 0 Å². The highest BCUT2D eigenvalue weighted by atomic mass is 19.2. The molecule has 0 saturated carbocycles. The fraction of sp³-hybridized carbons (Fsp3) is 1.00. The van der Waals surface area contributed by atoms with Crippen LogP contribution in [0.5, 0.6) is 0 Å². The summed E-state index contributed by atoms with van der Waals surface area (Å²) in [5.74, 6) is -2.20. The molecule has 0 heterocycles. The minimum Gasteiger partial charge on any atom is -0.394 e. The predicted octanol–water partition coefficient (Wildman–Crippen LogP) is -2.40. The van der Waals surface area contributed by atoms with Gasteiger partial charge in [0.2, 0.25) is 0 Å². The topological polar surface area (TPSA) is 69.9 Å². The lowest BCUT2D eigenvalue weighted by Crippen LogP contribution is -2.39. The van der Waals surface area contributed by atoms with E-state index in [0.717, 1.165) is 7.85 Å². The first-order valence-corrected chi connectivity index (χ1v) is 3.25. The van der Waals surface area contributed by atoms with Crippen molar-refractivity contribution in [2.75, 3.05) is 19.8 Å². The fourth-order valence-electron chi connectivity index (χ4n) is 0.517. The molecular weight excluding hydrogens is 154 g/mol. The van der Waals surface area contributed by atoms with Crippen LogP contribution in [0, 0.1) is 0 Å². The van der Waals surface area contributed by atoms with Gasteiger partial charge in [0.05, 0.1) is 19.8 Å². The molecule has 0 aliphatic carbocycles. The molecule has 0 spiro atoms. The van der Waals surface area contributed by atoms with Crippen molar-refractivity contribution >= 4 is 7.85 Å². The van der Waals surface area contributed by atoms with Crippen LogP contribution in [0.4, 0.5) is 4.39 Å². The van der Waals surface area contributed by atoms with Gasteiger partial charge in [0.25, 0.3) is 0 Å². The number of aliphatic hydroxyl groups is 3. The van der Waals surface area contributed by atoms with Crippen molar-refractivity contribution in [1.82, 2.24) is 0 Å². The maximum atomic E-state index is 12.7. The van der Waals surface area contributed by atoms with Gasteiger partial charge in [-0.05, 0) is 0 Å². The minimum absolute atomic E-state index is 0.476. The van der Waals surface area contributed by atoms with E-state index in [1.165, 1.54) is 0 Å². The van der Waals surface area contributed by atoms with E-state index in [2.05, 4.69) is 4.74 Å². The summed E-state index contributed by atoms with van der Waals surface area (Å²) in [6.45, 7) is -1.75. The van der Waals surface area contributed by atoms with Gasteiger partial charge in [0.15, 0.2) is 13.6 Å². The fourth-order valence-corrected chi connectivity index (χ4v) is 0.517. The van der Waals surface area contributed by atoms with Crippen molar-refractivity contribution in [3.63, 3.8) is 0 Å². The second-order valence-electron chi connectivity index (χ2n) is 2.36. The van der Waals surface area contributed by atoms with Crippen LogP contribution >= 0.6 is 0 Å². The SMILES string of the molecule is BC(F)(CO)OC(CO)CO. The predicted molar refractivity (Wildman–Crippen MR) is 38.5 cm³/mol. The number of aliphatic hydroxyl groups excluding tert-OH is 3. The summed E-state index contributed by atoms with van der Waals surface area (Å²) in [5, 5.41) is 25.3. The van der Waals surface area contributed by atoms with E-state index in [9.17, 15) is 4.39 Å². The molecule has 1 atom stereocenters. The van der Waals surface area contributed by atoms with E-state index in [1.807, 2.05) is 0 Å². The Balaban J connectivity index is 3.79. The van der Waals surface area contributed by atoms with Gasteiger partial charge in [-0.1, -0.05) is 0 Å². The second kappa shape index (κ2) is 4.66. The summed E-state index contributed by atoms with van der Waals surface area (Å²) in [7, 11) is 1.02. The Morgan fingerprint density at radius 3 is 2.09 bits per heavy atom. The third kappa shape index (κ3) is 4.31. The largest absolute Gasteiger partial charge is 0.394 e. The van der Waals surface area contributed by atoms with Gasteiger partial charge in [-0.15, -0.1) is 0 Å². The van der Waals surface area contributed by atoms with Crippen LogP contribution in [-0.2, 0) is 4.74 Å². The van der Waals surface area contributed by atoms with Crippen molar-refractivity contribution in [3.8, 4) is 0 Å². The molecule has 0 aromatic heterocycles. The molecular formula is C5H12BFO4. The zero-order valence-corrected chi connectivity index (χ0v) is 6.33. The molecule has 0 rings (SSSR count). The molecule has 3 N–H and O–H groups in total. The van der Waals surface area contributed by atoms with E-state index >= 15 is 0 Å². The Hall–Kier alpha value is -0.165. The van der Waals surface area contributed by atoms with Gasteiger partial charge >= 0.3 is 0 Å². The molecule has 6 heteroatoms. The molecule has 11 heavy (non-hydrogen) atoms. The number of ether oxygens (including phenoxy) is 1. The highest BCUT2D eigenvalue weighted by Crippen LogP contribution is 2.09. The van der Waals surface area contributed by atoms with Gasteiger partial charge in [0.1, 0.15) is 6.10 Å². The van der Waals surface area contributed by atoms with Gasteiger partial charge in [-0.25, -0.2) is 4.39 Å². The summed E-state index contributed by atoms with van der Waals surface area (Å²) in [4.78, 5) is 0. The summed E-state index contributed by atoms with van der Waals surface area (Å²) < 4.78 is 17.2. The van der Waals surface area contributed by atoms with Crippen molar-refractivity contribution in [2.24, 2.45) is 0 Å². The molecule has 0 aliphatic heterocycles. The van der Waals surface area contributed by atoms with Crippen LogP contribution in [0.2, 0.25) is 0 Å². The number of rotatable bonds is 5. The lowest BCUT2D eigenvalue weighted by molar-refractivity contribution is -0.163. The van der Waals surface area contributed by atoms with Gasteiger partial charge < -0.3 is 20.1 Å². The highest BCUT2D eigenvalue weighted by Gasteiger charge is 2.26. The van der Waals surface area contributed by atoms with Crippen LogP contribution in [0.3, 0.4) is 0 Å². The summed E-state index contributed by atoms with van der Waals surface area (Å²) >= 11 is 0. The van der Waals surface area contributed by atoms with Crippen LogP contribution in [0.1, 0.15) is 0 Å². The Kier molecular flexibility index (Phi) is 4.59. The Morgan fingerprint density at radius 2 is 1.82 bits per heavy atom. The molecule has 0 aromatic rings. The highest BCUT2D eigenvalue weighted by molar-refractivity contribution is 6.13. The van der Waals surface area contributed by atoms with E-state index < -0.39 is 31.7 Å². The van der Waals surface area contributed by atoms with Crippen molar-refractivity contribution in [1.29, 1.82) is 0 Å². The van der Waals surface area contributed by atoms with Crippen molar-refractivity contribution < 1.29 is 24.4 Å². The molecule has 1 unspecified atom stereocenters. The minimum atomic E-state index is -2.20. The van der Waals surface area contributed by atoms with Crippen molar-refractivity contribution in [2.45, 2.75) is 11.9 Å². The Labute approximate surface area is 65.0 Å². The maximum Gasteiger partial charge on any atom is 0.190 e. The number of hydrogen-bond donors (Lipinski definition) is 3. The Morgan fingerprint density at radius 1 is 1.36 bits per heavy atom. The summed E-state index contributed by atoms with van der Waals surface area (Å²) in [6.07, 6.45) is -0.975. The first kappa shape index (κ1) is 10.8. The molecule has 0 amide bonds. The molecule has 0 aromatic carbocycles. The smallest absolute Gasteiger partial charge is 0.190 e. The van der Waals surface area contributed by atoms with Gasteiger partial charge in [0, 0.05) is 0 Å². The van der Waals surface area contributed by atoms with Crippen LogP contribution in [0.15, 0.2) is 0 Å². The monoisotopic (exact) mass is 166 g/mol. The molecule has 0 saturated heterocycles. The third-order valence-electron chi connectivity index (χ3n) is 1.10. The standard InChI is InChI=1S/C5H12BFO4/c6-5(7,3-10)11-4(1-8)2-9/h4,8-10H,1-3,6H2. The summed E-state index contributed by atoms with van der Waals surface area (Å²) in [5.41, 5.74) is 0. The Bertz CT molecular complexity index is 107. The van der Waals surface area contributed by atoms with Crippen LogP contribution in [-0.4, -0.2) is 54.8 Å². The van der Waals surface area contributed by atoms with Crippen LogP contribution in [0.25, 0.3) is 0 Å². The van der Waals surface area contributed by atoms with Gasteiger partial charge in [-0.2, -0.15) is 0 Å². The number of alkyl halides is 1. The quantitative estimate of drug-likeness (QED) is 0.398. The molecule has 0 bridgehead atoms. The van der Waals surface area contributed by atoms with Crippen LogP contribution < -0.4 is 0 Å². The summed E-state index contributed by atoms with van der Waals surface area (Å²) in [6, 6.07) is 0. The lowest BCUT2D eigenvalue weighted by Gasteiger charge is -2.23. The number of halogens is 1. The molecule has 0 radical (unpaired) electrons. The first-order chi connectivity index (χ1) is 5.05. The third-order valence-corrected chi connectivity index (χ3v) is 1.10. The zero-order valence-electron chi connectivity index (χ0n) is 6.33. The first-order valence-electron chi connectivity index (χ1n) is 3.25. The normalized spacial score (nSPS) is 16.8. The average molecular weight is 166 g/mol. The van der Waals surface area contributed by atoms with E-state index in [1.54, 1.807) is 0 Å². The lowest BCUT2D eigenvalue weighted by atomic mass is 9.97. The second-order valence-corrected chi connectivity index (χ2v) is 2.36. The maximum absolute atomic E-state index is 12.7. The van der Waals surface area contributed by atoms with E-state index in [0.29, 0.717) is 0 Å². The number of hydrogen-bond acceptors (Lipinski definition) is 4. The van der Waals surface area contributed by atoms with E-state index in [4.69, 9.17) is 15.3 Å². The average Bonchev–Trinajstić information content (AvgIpc) is 2.00. The molecule has 0 fully saturated rings. The molecule has 66 valence electrons. The van der Waals surface area contributed by atoms with E-state index in [-0.39, 0.29) is 0 Å². The molecule has 0 aliphatic rings. The zero-order chi connectivity index (χ0) is 8.91. The molecule has 4 nitrogen and oxygen atoms in total.